The van der Waals surface area contributed by atoms with Crippen LogP contribution in [0.1, 0.15) is 35.9 Å². The second-order valence-electron chi connectivity index (χ2n) is 4.15. The number of aromatic nitrogens is 2. The molecule has 0 bridgehead atoms. The molecule has 0 atom stereocenters. The number of nitrogens with zero attached hydrogens (tertiary/aromatic N) is 1. The number of anilines is 1. The van der Waals surface area contributed by atoms with E-state index in [1.807, 2.05) is 13.8 Å². The summed E-state index contributed by atoms with van der Waals surface area (Å²) in [4.78, 5) is 25.5. The van der Waals surface area contributed by atoms with E-state index in [9.17, 15) is 9.59 Å². The van der Waals surface area contributed by atoms with E-state index in [1.165, 1.54) is 24.5 Å². The van der Waals surface area contributed by atoms with Crippen LogP contribution in [0.5, 0.6) is 0 Å². The van der Waals surface area contributed by atoms with E-state index in [1.54, 1.807) is 0 Å². The fraction of sp³-hybridized carbons (Fsp3) is 0.250. The molecule has 0 radical (unpaired) electrons. The first-order valence-electron chi connectivity index (χ1n) is 5.52. The summed E-state index contributed by atoms with van der Waals surface area (Å²) in [5.41, 5.74) is 0.488. The van der Waals surface area contributed by atoms with Crippen LogP contribution >= 0.6 is 0 Å². The topological polar surface area (TPSA) is 88.0 Å². The molecule has 2 N–H and O–H groups in total. The van der Waals surface area contributed by atoms with Gasteiger partial charge in [-0.1, -0.05) is 19.0 Å². The average Bonchev–Trinajstić information content (AvgIpc) is 2.77. The van der Waals surface area contributed by atoms with Crippen molar-refractivity contribution in [3.63, 3.8) is 0 Å². The standard InChI is InChI=1S/C12H13N3O3/c1-7(2)11-9(6-14-18-11)15-12(17)8-3-4-13-10(16)5-8/h3-7H,1-2H3,(H,13,16)(H,15,17). The number of pyridine rings is 1. The maximum atomic E-state index is 11.9. The van der Waals surface area contributed by atoms with Crippen molar-refractivity contribution in [2.24, 2.45) is 0 Å². The third-order valence-electron chi connectivity index (χ3n) is 2.41. The van der Waals surface area contributed by atoms with Gasteiger partial charge in [0.05, 0.1) is 6.20 Å². The molecule has 0 unspecified atom stereocenters. The van der Waals surface area contributed by atoms with E-state index in [2.05, 4.69) is 15.5 Å². The van der Waals surface area contributed by atoms with Crippen LogP contribution in [0.15, 0.2) is 33.8 Å². The largest absolute Gasteiger partial charge is 0.359 e. The molecule has 0 saturated carbocycles. The molecule has 6 nitrogen and oxygen atoms in total. The Labute approximate surface area is 103 Å². The second-order valence-corrected chi connectivity index (χ2v) is 4.15. The molecule has 2 aromatic rings. The van der Waals surface area contributed by atoms with Crippen LogP contribution in [-0.4, -0.2) is 16.0 Å². The highest BCUT2D eigenvalue weighted by Gasteiger charge is 2.15. The summed E-state index contributed by atoms with van der Waals surface area (Å²) in [5, 5.41) is 6.32. The minimum Gasteiger partial charge on any atom is -0.359 e. The number of carbonyl (C=O) groups is 1. The summed E-state index contributed by atoms with van der Waals surface area (Å²) in [7, 11) is 0. The maximum Gasteiger partial charge on any atom is 0.256 e. The van der Waals surface area contributed by atoms with Crippen molar-refractivity contribution in [2.45, 2.75) is 19.8 Å². The van der Waals surface area contributed by atoms with Gasteiger partial charge >= 0.3 is 0 Å². The van der Waals surface area contributed by atoms with Crippen molar-refractivity contribution in [1.29, 1.82) is 0 Å². The van der Waals surface area contributed by atoms with E-state index in [0.717, 1.165) is 0 Å². The number of hydrogen-bond donors (Lipinski definition) is 2. The zero-order valence-electron chi connectivity index (χ0n) is 10.1. The number of amides is 1. The van der Waals surface area contributed by atoms with Crippen molar-refractivity contribution >= 4 is 11.6 Å². The van der Waals surface area contributed by atoms with Crippen LogP contribution in [0, 0.1) is 0 Å². The maximum absolute atomic E-state index is 11.9. The Morgan fingerprint density at radius 1 is 1.50 bits per heavy atom. The Balaban J connectivity index is 2.21. The molecule has 6 heteroatoms. The SMILES string of the molecule is CC(C)c1oncc1NC(=O)c1cc[nH]c(=O)c1. The molecular weight excluding hydrogens is 234 g/mol. The van der Waals surface area contributed by atoms with Gasteiger partial charge < -0.3 is 14.8 Å². The third kappa shape index (κ3) is 2.48. The second kappa shape index (κ2) is 4.87. The number of aromatic amines is 1. The number of carbonyl (C=O) groups excluding carboxylic acids is 1. The summed E-state index contributed by atoms with van der Waals surface area (Å²) in [6.07, 6.45) is 2.87. The first-order chi connectivity index (χ1) is 8.58. The van der Waals surface area contributed by atoms with Gasteiger partial charge in [0.25, 0.3) is 5.91 Å². The Kier molecular flexibility index (Phi) is 3.27. The molecule has 0 spiro atoms. The van der Waals surface area contributed by atoms with Crippen LogP contribution in [0.25, 0.3) is 0 Å². The molecule has 2 rings (SSSR count). The molecule has 0 fully saturated rings. The zero-order chi connectivity index (χ0) is 13.1. The zero-order valence-corrected chi connectivity index (χ0v) is 10.1. The first-order valence-corrected chi connectivity index (χ1v) is 5.52. The molecular formula is C12H13N3O3. The van der Waals surface area contributed by atoms with E-state index in [4.69, 9.17) is 4.52 Å². The van der Waals surface area contributed by atoms with Gasteiger partial charge in [-0.25, -0.2) is 0 Å². The fourth-order valence-electron chi connectivity index (χ4n) is 1.54. The van der Waals surface area contributed by atoms with E-state index < -0.39 is 0 Å². The molecule has 1 amide bonds. The van der Waals surface area contributed by atoms with Crippen molar-refractivity contribution in [3.8, 4) is 0 Å². The number of rotatable bonds is 3. The lowest BCUT2D eigenvalue weighted by Gasteiger charge is -2.05. The lowest BCUT2D eigenvalue weighted by Crippen LogP contribution is -2.16. The van der Waals surface area contributed by atoms with Crippen molar-refractivity contribution in [3.05, 3.63) is 46.2 Å². The molecule has 0 aliphatic carbocycles. The average molecular weight is 247 g/mol. The van der Waals surface area contributed by atoms with Crippen LogP contribution < -0.4 is 10.9 Å². The van der Waals surface area contributed by atoms with Crippen LogP contribution in [0.2, 0.25) is 0 Å². The Bertz CT molecular complexity index is 613. The third-order valence-corrected chi connectivity index (χ3v) is 2.41. The molecule has 18 heavy (non-hydrogen) atoms. The molecule has 0 saturated heterocycles. The van der Waals surface area contributed by atoms with E-state index >= 15 is 0 Å². The van der Waals surface area contributed by atoms with Crippen LogP contribution in [0.3, 0.4) is 0 Å². The highest BCUT2D eigenvalue weighted by atomic mass is 16.5. The minimum absolute atomic E-state index is 0.113. The highest BCUT2D eigenvalue weighted by molar-refractivity contribution is 6.04. The molecule has 2 aromatic heterocycles. The van der Waals surface area contributed by atoms with Gasteiger partial charge in [-0.2, -0.15) is 0 Å². The highest BCUT2D eigenvalue weighted by Crippen LogP contribution is 2.23. The van der Waals surface area contributed by atoms with Crippen molar-refractivity contribution in [2.75, 3.05) is 5.32 Å². The summed E-state index contributed by atoms with van der Waals surface area (Å²) in [5.74, 6) is 0.348. The van der Waals surface area contributed by atoms with Gasteiger partial charge in [0.1, 0.15) is 5.69 Å². The monoisotopic (exact) mass is 247 g/mol. The quantitative estimate of drug-likeness (QED) is 0.864. The summed E-state index contributed by atoms with van der Waals surface area (Å²) in [6, 6.07) is 2.76. The minimum atomic E-state index is -0.369. The first kappa shape index (κ1) is 12.1. The predicted octanol–water partition coefficient (Wildman–Crippen LogP) is 1.74. The van der Waals surface area contributed by atoms with Crippen molar-refractivity contribution < 1.29 is 9.32 Å². The van der Waals surface area contributed by atoms with E-state index in [-0.39, 0.29) is 22.9 Å². The van der Waals surface area contributed by atoms with Gasteiger partial charge in [-0.3, -0.25) is 9.59 Å². The lowest BCUT2D eigenvalue weighted by atomic mass is 10.1. The van der Waals surface area contributed by atoms with Gasteiger partial charge in [-0.15, -0.1) is 0 Å². The molecule has 0 aliphatic rings. The number of hydrogen-bond acceptors (Lipinski definition) is 4. The van der Waals surface area contributed by atoms with Crippen molar-refractivity contribution in [1.82, 2.24) is 10.1 Å². The summed E-state index contributed by atoms with van der Waals surface area (Å²) >= 11 is 0. The molecule has 0 aromatic carbocycles. The van der Waals surface area contributed by atoms with Gasteiger partial charge in [0.2, 0.25) is 5.56 Å². The summed E-state index contributed by atoms with van der Waals surface area (Å²) in [6.45, 7) is 3.87. The van der Waals surface area contributed by atoms with Gasteiger partial charge in [0, 0.05) is 23.7 Å². The van der Waals surface area contributed by atoms with Crippen LogP contribution in [-0.2, 0) is 0 Å². The van der Waals surface area contributed by atoms with Gasteiger partial charge in [-0.05, 0) is 6.07 Å². The Morgan fingerprint density at radius 3 is 2.94 bits per heavy atom. The smallest absolute Gasteiger partial charge is 0.256 e. The molecule has 0 aliphatic heterocycles. The number of nitrogens with one attached hydrogen (secondary N) is 2. The lowest BCUT2D eigenvalue weighted by molar-refractivity contribution is 0.102. The number of H-pyrrole nitrogens is 1. The Morgan fingerprint density at radius 2 is 2.28 bits per heavy atom. The van der Waals surface area contributed by atoms with Crippen LogP contribution in [0.4, 0.5) is 5.69 Å². The fourth-order valence-corrected chi connectivity index (χ4v) is 1.54. The van der Waals surface area contributed by atoms with Gasteiger partial charge in [0.15, 0.2) is 5.76 Å². The molecule has 94 valence electrons. The normalized spacial score (nSPS) is 10.6. The van der Waals surface area contributed by atoms with E-state index in [0.29, 0.717) is 11.4 Å². The Hall–Kier alpha value is -2.37. The molecule has 2 heterocycles. The predicted molar refractivity (Wildman–Crippen MR) is 65.6 cm³/mol. The summed E-state index contributed by atoms with van der Waals surface area (Å²) < 4.78 is 5.05.